The van der Waals surface area contributed by atoms with E-state index in [-0.39, 0.29) is 23.1 Å². The van der Waals surface area contributed by atoms with E-state index in [0.717, 1.165) is 34.4 Å². The number of allylic oxidation sites excluding steroid dienone is 12. The summed E-state index contributed by atoms with van der Waals surface area (Å²) in [5.41, 5.74) is 3.48. The number of methoxy groups -OCH3 is 8. The van der Waals surface area contributed by atoms with Crippen LogP contribution in [0.1, 0.15) is 22.3 Å². The van der Waals surface area contributed by atoms with Crippen LogP contribution in [0.2, 0.25) is 0 Å². The molecule has 334 valence electrons. The van der Waals surface area contributed by atoms with Gasteiger partial charge < -0.3 is 48.1 Å². The van der Waals surface area contributed by atoms with Crippen molar-refractivity contribution in [3.05, 3.63) is 179 Å². The first kappa shape index (κ1) is 50.2. The largest absolute Gasteiger partial charge is 0.508 e. The minimum absolute atomic E-state index is 0.148. The fraction of sp³-hybridized carbons (Fsp3) is 0.154. The molecule has 0 atom stereocenters. The van der Waals surface area contributed by atoms with E-state index >= 15 is 0 Å². The molecule has 4 aromatic rings. The van der Waals surface area contributed by atoms with Crippen LogP contribution in [-0.4, -0.2) is 78.7 Å². The number of rotatable bonds is 21. The van der Waals surface area contributed by atoms with Crippen LogP contribution < -0.4 is 37.9 Å². The summed E-state index contributed by atoms with van der Waals surface area (Å²) in [6, 6.07) is 21.9. The van der Waals surface area contributed by atoms with Crippen LogP contribution in [0, 0.1) is 0 Å². The van der Waals surface area contributed by atoms with Gasteiger partial charge in [0.1, 0.15) is 11.5 Å². The second-order valence-corrected chi connectivity index (χ2v) is 12.9. The molecule has 0 aliphatic rings. The van der Waals surface area contributed by atoms with Gasteiger partial charge in [0.25, 0.3) is 0 Å². The molecule has 0 saturated carbocycles. The monoisotopic (exact) mass is 870 g/mol. The molecule has 0 bridgehead atoms. The molecule has 0 amide bonds. The normalized spacial score (nSPS) is 12.1. The van der Waals surface area contributed by atoms with Crippen molar-refractivity contribution in [1.29, 1.82) is 0 Å². The molecule has 4 aromatic carbocycles. The van der Waals surface area contributed by atoms with Crippen LogP contribution in [0.5, 0.6) is 46.0 Å². The Morgan fingerprint density at radius 3 is 0.906 bits per heavy atom. The van der Waals surface area contributed by atoms with E-state index in [0.29, 0.717) is 46.0 Å². The van der Waals surface area contributed by atoms with Crippen molar-refractivity contribution in [3.8, 4) is 46.0 Å². The predicted molar refractivity (Wildman–Crippen MR) is 253 cm³/mol. The first-order valence-corrected chi connectivity index (χ1v) is 19.5. The standard InChI is InChI=1S/C27H28O6.C25H26O6/c1-30-24-15-13-20(17-26(24)32-3)9-5-7-11-22(28)19-23(29)12-8-6-10-21-14-16-25(31-2)27(18-21)33-4;1-28-22-13-10-18(15-24(22)30-3)7-5-6-8-20(26)17-21(27)12-9-19-11-14-23(29-2)25(16-19)31-4/h5-19,28H,1-4H3;5-17,27H,1-4H3/b9-5+,10-6+,11-7+,12-8+,22-19?;7-5+,8-6+,12-9+,21-17?. The maximum atomic E-state index is 12.0. The number of hydrogen-bond donors (Lipinski definition) is 2. The molecule has 0 saturated heterocycles. The van der Waals surface area contributed by atoms with E-state index in [2.05, 4.69) is 0 Å². The van der Waals surface area contributed by atoms with Gasteiger partial charge in [-0.3, -0.25) is 9.59 Å². The van der Waals surface area contributed by atoms with Crippen LogP contribution >= 0.6 is 0 Å². The zero-order valence-electron chi connectivity index (χ0n) is 37.1. The zero-order valence-corrected chi connectivity index (χ0v) is 37.1. The van der Waals surface area contributed by atoms with E-state index < -0.39 is 0 Å². The Labute approximate surface area is 374 Å². The second kappa shape index (κ2) is 27.7. The average molecular weight is 871 g/mol. The molecule has 0 unspecified atom stereocenters. The number of aliphatic hydroxyl groups excluding tert-OH is 2. The highest BCUT2D eigenvalue weighted by molar-refractivity contribution is 6.00. The summed E-state index contributed by atoms with van der Waals surface area (Å²) in [4.78, 5) is 23.9. The van der Waals surface area contributed by atoms with Crippen molar-refractivity contribution < 1.29 is 57.7 Å². The third-order valence-electron chi connectivity index (χ3n) is 8.64. The van der Waals surface area contributed by atoms with Gasteiger partial charge in [-0.25, -0.2) is 0 Å². The van der Waals surface area contributed by atoms with E-state index in [1.54, 1.807) is 124 Å². The molecule has 0 fully saturated rings. The molecule has 4 rings (SSSR count). The fourth-order valence-corrected chi connectivity index (χ4v) is 5.45. The average Bonchev–Trinajstić information content (AvgIpc) is 3.32. The maximum absolute atomic E-state index is 12.0. The van der Waals surface area contributed by atoms with Gasteiger partial charge in [0, 0.05) is 12.2 Å². The Kier molecular flexibility index (Phi) is 21.7. The summed E-state index contributed by atoms with van der Waals surface area (Å²) in [7, 11) is 12.6. The second-order valence-electron chi connectivity index (χ2n) is 12.9. The Balaban J connectivity index is 0.000000341. The SMILES string of the molecule is COc1ccc(/C=C/C=C/C(=O)C=C(O)/C=C/C=C/c2ccc(OC)c(OC)c2)cc1OC.COc1ccc(/C=C/C=C/C(=O)C=C(O)/C=C/c2ccc(OC)c(OC)c2)cc1OC. The summed E-state index contributed by atoms with van der Waals surface area (Å²) in [6.45, 7) is 0. The Bertz CT molecular complexity index is 2440. The van der Waals surface area contributed by atoms with Crippen LogP contribution in [0.15, 0.2) is 157 Å². The van der Waals surface area contributed by atoms with E-state index in [1.165, 1.54) is 24.3 Å². The number of ether oxygens (including phenoxy) is 8. The van der Waals surface area contributed by atoms with Crippen molar-refractivity contribution in [2.45, 2.75) is 0 Å². The van der Waals surface area contributed by atoms with Crippen molar-refractivity contribution in [2.24, 2.45) is 0 Å². The van der Waals surface area contributed by atoms with Gasteiger partial charge in [0.05, 0.1) is 56.9 Å². The molecule has 0 heterocycles. The molecule has 12 heteroatoms. The Hall–Kier alpha value is -8.12. The molecular weight excluding hydrogens is 817 g/mol. The molecule has 0 aromatic heterocycles. The molecule has 2 N–H and O–H groups in total. The molecule has 64 heavy (non-hydrogen) atoms. The Morgan fingerprint density at radius 1 is 0.344 bits per heavy atom. The van der Waals surface area contributed by atoms with Crippen LogP contribution in [0.25, 0.3) is 24.3 Å². The summed E-state index contributed by atoms with van der Waals surface area (Å²) in [6.07, 6.45) is 25.1. The number of ketones is 2. The van der Waals surface area contributed by atoms with Crippen molar-refractivity contribution in [2.75, 3.05) is 56.9 Å². The van der Waals surface area contributed by atoms with Crippen LogP contribution in [0.4, 0.5) is 0 Å². The van der Waals surface area contributed by atoms with Gasteiger partial charge >= 0.3 is 0 Å². The number of carbonyl (C=O) groups excluding carboxylic acids is 2. The van der Waals surface area contributed by atoms with E-state index in [1.807, 2.05) is 66.8 Å². The molecule has 0 radical (unpaired) electrons. The topological polar surface area (TPSA) is 148 Å². The lowest BCUT2D eigenvalue weighted by molar-refractivity contribution is -0.111. The molecule has 12 nitrogen and oxygen atoms in total. The third kappa shape index (κ3) is 17.1. The van der Waals surface area contributed by atoms with Gasteiger partial charge in [0.15, 0.2) is 57.6 Å². The number of benzene rings is 4. The lowest BCUT2D eigenvalue weighted by Crippen LogP contribution is -1.91. The summed E-state index contributed by atoms with van der Waals surface area (Å²) < 4.78 is 41.8. The van der Waals surface area contributed by atoms with Crippen LogP contribution in [0.3, 0.4) is 0 Å². The minimum Gasteiger partial charge on any atom is -0.508 e. The molecule has 0 aliphatic carbocycles. The Morgan fingerprint density at radius 2 is 0.609 bits per heavy atom. The van der Waals surface area contributed by atoms with E-state index in [9.17, 15) is 19.8 Å². The quantitative estimate of drug-likeness (QED) is 0.0466. The van der Waals surface area contributed by atoms with Crippen molar-refractivity contribution in [1.82, 2.24) is 0 Å². The third-order valence-corrected chi connectivity index (χ3v) is 8.64. The van der Waals surface area contributed by atoms with Gasteiger partial charge in [-0.05, 0) is 95.1 Å². The smallest absolute Gasteiger partial charge is 0.182 e. The lowest BCUT2D eigenvalue weighted by atomic mass is 10.1. The minimum atomic E-state index is -0.341. The molecule has 0 aliphatic heterocycles. The van der Waals surface area contributed by atoms with Crippen molar-refractivity contribution >= 4 is 35.9 Å². The number of hydrogen-bond acceptors (Lipinski definition) is 12. The predicted octanol–water partition coefficient (Wildman–Crippen LogP) is 10.6. The van der Waals surface area contributed by atoms with Gasteiger partial charge in [-0.2, -0.15) is 0 Å². The fourth-order valence-electron chi connectivity index (χ4n) is 5.45. The first-order valence-electron chi connectivity index (χ1n) is 19.5. The highest BCUT2D eigenvalue weighted by Gasteiger charge is 2.06. The van der Waals surface area contributed by atoms with E-state index in [4.69, 9.17) is 37.9 Å². The summed E-state index contributed by atoms with van der Waals surface area (Å²) in [5.74, 6) is 4.02. The van der Waals surface area contributed by atoms with Gasteiger partial charge in [-0.1, -0.05) is 85.0 Å². The van der Waals surface area contributed by atoms with Gasteiger partial charge in [-0.15, -0.1) is 0 Å². The summed E-state index contributed by atoms with van der Waals surface area (Å²) in [5, 5.41) is 19.9. The highest BCUT2D eigenvalue weighted by Crippen LogP contribution is 2.31. The first-order chi connectivity index (χ1) is 31.0. The lowest BCUT2D eigenvalue weighted by Gasteiger charge is -2.07. The zero-order chi connectivity index (χ0) is 46.7. The molecular formula is C52H54O12. The van der Waals surface area contributed by atoms with Crippen molar-refractivity contribution in [3.63, 3.8) is 0 Å². The highest BCUT2D eigenvalue weighted by atomic mass is 16.5. The molecule has 0 spiro atoms. The number of aliphatic hydroxyl groups is 2. The van der Waals surface area contributed by atoms with Crippen LogP contribution in [-0.2, 0) is 9.59 Å². The summed E-state index contributed by atoms with van der Waals surface area (Å²) >= 11 is 0. The number of carbonyl (C=O) groups is 2. The maximum Gasteiger partial charge on any atom is 0.182 e. The van der Waals surface area contributed by atoms with Gasteiger partial charge in [0.2, 0.25) is 0 Å².